The third-order valence-electron chi connectivity index (χ3n) is 5.11. The van der Waals surface area contributed by atoms with E-state index in [1.165, 1.54) is 18.5 Å². The number of aromatic hydroxyl groups is 1. The summed E-state index contributed by atoms with van der Waals surface area (Å²) in [6, 6.07) is 8.55. The van der Waals surface area contributed by atoms with Gasteiger partial charge in [0.15, 0.2) is 0 Å². The van der Waals surface area contributed by atoms with Gasteiger partial charge in [-0.25, -0.2) is 4.98 Å². The van der Waals surface area contributed by atoms with Crippen LogP contribution in [0, 0.1) is 0 Å². The standard InChI is InChI=1S/C22H21ClN4O4/c23-16-5-3-14(4-6-16)8-18-12-26-22(31-18)19-2-1-7-27(19)20(29)13-25-21(30)15-9-17(28)11-24-10-15/h3-6,9-12,19,28H,1-2,7-8,13H2,(H,25,30). The van der Waals surface area contributed by atoms with Crippen LogP contribution in [-0.4, -0.2) is 44.9 Å². The van der Waals surface area contributed by atoms with Crippen LogP contribution in [0.4, 0.5) is 0 Å². The van der Waals surface area contributed by atoms with E-state index in [1.54, 1.807) is 11.1 Å². The van der Waals surface area contributed by atoms with Crippen molar-refractivity contribution in [3.8, 4) is 5.75 Å². The highest BCUT2D eigenvalue weighted by atomic mass is 35.5. The summed E-state index contributed by atoms with van der Waals surface area (Å²) in [5.41, 5.74) is 1.24. The van der Waals surface area contributed by atoms with Gasteiger partial charge in [-0.2, -0.15) is 0 Å². The normalized spacial score (nSPS) is 15.8. The number of hydrogen-bond donors (Lipinski definition) is 2. The lowest BCUT2D eigenvalue weighted by molar-refractivity contribution is -0.131. The smallest absolute Gasteiger partial charge is 0.253 e. The Bertz CT molecular complexity index is 1080. The fourth-order valence-corrected chi connectivity index (χ4v) is 3.72. The van der Waals surface area contributed by atoms with E-state index < -0.39 is 5.91 Å². The van der Waals surface area contributed by atoms with Gasteiger partial charge in [0.05, 0.1) is 24.5 Å². The number of benzene rings is 1. The molecule has 0 aliphatic carbocycles. The Labute approximate surface area is 183 Å². The zero-order valence-corrected chi connectivity index (χ0v) is 17.4. The van der Waals surface area contributed by atoms with Crippen molar-refractivity contribution in [3.05, 3.63) is 76.7 Å². The second-order valence-electron chi connectivity index (χ2n) is 7.33. The fourth-order valence-electron chi connectivity index (χ4n) is 3.60. The van der Waals surface area contributed by atoms with E-state index in [1.807, 2.05) is 24.3 Å². The molecule has 3 aromatic rings. The summed E-state index contributed by atoms with van der Waals surface area (Å²) < 4.78 is 5.93. The van der Waals surface area contributed by atoms with E-state index in [4.69, 9.17) is 16.0 Å². The van der Waals surface area contributed by atoms with E-state index in [0.29, 0.717) is 29.6 Å². The molecule has 1 aliphatic rings. The lowest BCUT2D eigenvalue weighted by Gasteiger charge is -2.22. The van der Waals surface area contributed by atoms with Gasteiger partial charge in [0.2, 0.25) is 11.8 Å². The fraction of sp³-hybridized carbons (Fsp3) is 0.273. The van der Waals surface area contributed by atoms with Crippen LogP contribution >= 0.6 is 11.6 Å². The van der Waals surface area contributed by atoms with Crippen molar-refractivity contribution in [2.24, 2.45) is 0 Å². The molecule has 160 valence electrons. The molecule has 0 radical (unpaired) electrons. The number of nitrogens with one attached hydrogen (secondary N) is 1. The van der Waals surface area contributed by atoms with Crippen LogP contribution < -0.4 is 5.32 Å². The van der Waals surface area contributed by atoms with Crippen LogP contribution in [-0.2, 0) is 11.2 Å². The van der Waals surface area contributed by atoms with Crippen LogP contribution in [0.25, 0.3) is 0 Å². The highest BCUT2D eigenvalue weighted by molar-refractivity contribution is 6.30. The Hall–Kier alpha value is -3.39. The average Bonchev–Trinajstić information content (AvgIpc) is 3.43. The summed E-state index contributed by atoms with van der Waals surface area (Å²) in [7, 11) is 0. The Balaban J connectivity index is 1.37. The molecule has 2 amide bonds. The molecule has 1 aliphatic heterocycles. The molecule has 1 fully saturated rings. The number of oxazole rings is 1. The van der Waals surface area contributed by atoms with Crippen molar-refractivity contribution >= 4 is 23.4 Å². The Morgan fingerprint density at radius 1 is 1.23 bits per heavy atom. The number of rotatable bonds is 6. The minimum absolute atomic E-state index is 0.114. The highest BCUT2D eigenvalue weighted by Crippen LogP contribution is 2.32. The average molecular weight is 441 g/mol. The molecule has 31 heavy (non-hydrogen) atoms. The van der Waals surface area contributed by atoms with Gasteiger partial charge in [-0.3, -0.25) is 14.6 Å². The van der Waals surface area contributed by atoms with Crippen LogP contribution in [0.2, 0.25) is 5.02 Å². The highest BCUT2D eigenvalue weighted by Gasteiger charge is 2.33. The molecule has 3 heterocycles. The van der Waals surface area contributed by atoms with Crippen LogP contribution in [0.3, 0.4) is 0 Å². The van der Waals surface area contributed by atoms with E-state index in [-0.39, 0.29) is 29.8 Å². The van der Waals surface area contributed by atoms with Crippen molar-refractivity contribution in [1.82, 2.24) is 20.2 Å². The maximum Gasteiger partial charge on any atom is 0.253 e. The summed E-state index contributed by atoms with van der Waals surface area (Å²) in [6.07, 6.45) is 6.40. The van der Waals surface area contributed by atoms with Gasteiger partial charge in [-0.05, 0) is 36.6 Å². The van der Waals surface area contributed by atoms with Crippen molar-refractivity contribution in [2.75, 3.05) is 13.1 Å². The number of likely N-dealkylation sites (tertiary alicyclic amines) is 1. The maximum atomic E-state index is 12.7. The number of amides is 2. The lowest BCUT2D eigenvalue weighted by Crippen LogP contribution is -2.40. The molecule has 1 aromatic carbocycles. The lowest BCUT2D eigenvalue weighted by atomic mass is 10.1. The minimum atomic E-state index is -0.478. The Morgan fingerprint density at radius 3 is 2.81 bits per heavy atom. The molecule has 0 saturated carbocycles. The van der Waals surface area contributed by atoms with Crippen molar-refractivity contribution in [2.45, 2.75) is 25.3 Å². The van der Waals surface area contributed by atoms with E-state index in [2.05, 4.69) is 15.3 Å². The van der Waals surface area contributed by atoms with Crippen molar-refractivity contribution in [3.63, 3.8) is 0 Å². The maximum absolute atomic E-state index is 12.7. The molecule has 8 nitrogen and oxygen atoms in total. The third kappa shape index (κ3) is 5.03. The molecule has 9 heteroatoms. The molecular weight excluding hydrogens is 420 g/mol. The molecular formula is C22H21ClN4O4. The Morgan fingerprint density at radius 2 is 2.03 bits per heavy atom. The first-order chi connectivity index (χ1) is 15.0. The largest absolute Gasteiger partial charge is 0.506 e. The molecule has 1 unspecified atom stereocenters. The zero-order chi connectivity index (χ0) is 21.8. The number of pyridine rings is 1. The summed E-state index contributed by atoms with van der Waals surface area (Å²) in [5.74, 6) is 0.395. The van der Waals surface area contributed by atoms with Gasteiger partial charge < -0.3 is 19.7 Å². The second-order valence-corrected chi connectivity index (χ2v) is 7.76. The molecule has 0 spiro atoms. The number of aromatic nitrogens is 2. The summed E-state index contributed by atoms with van der Waals surface area (Å²) in [6.45, 7) is 0.408. The van der Waals surface area contributed by atoms with Crippen molar-refractivity contribution < 1.29 is 19.1 Å². The van der Waals surface area contributed by atoms with E-state index in [0.717, 1.165) is 18.4 Å². The molecule has 0 bridgehead atoms. The van der Waals surface area contributed by atoms with Gasteiger partial charge in [-0.15, -0.1) is 0 Å². The number of hydrogen-bond acceptors (Lipinski definition) is 6. The van der Waals surface area contributed by atoms with E-state index >= 15 is 0 Å². The predicted octanol–water partition coefficient (Wildman–Crippen LogP) is 3.11. The predicted molar refractivity (Wildman–Crippen MR) is 113 cm³/mol. The number of carbonyl (C=O) groups excluding carboxylic acids is 2. The first kappa shape index (κ1) is 20.9. The van der Waals surface area contributed by atoms with Crippen molar-refractivity contribution in [1.29, 1.82) is 0 Å². The van der Waals surface area contributed by atoms with Crippen LogP contribution in [0.1, 0.15) is 46.5 Å². The summed E-state index contributed by atoms with van der Waals surface area (Å²) >= 11 is 5.92. The second kappa shape index (κ2) is 9.18. The quantitative estimate of drug-likeness (QED) is 0.609. The summed E-state index contributed by atoms with van der Waals surface area (Å²) in [4.78, 5) is 34.8. The third-order valence-corrected chi connectivity index (χ3v) is 5.36. The molecule has 2 N–H and O–H groups in total. The van der Waals surface area contributed by atoms with Gasteiger partial charge in [0, 0.05) is 24.2 Å². The molecule has 1 saturated heterocycles. The van der Waals surface area contributed by atoms with Crippen LogP contribution in [0.15, 0.2) is 53.3 Å². The topological polar surface area (TPSA) is 109 Å². The van der Waals surface area contributed by atoms with Gasteiger partial charge in [0.1, 0.15) is 17.6 Å². The van der Waals surface area contributed by atoms with E-state index in [9.17, 15) is 14.7 Å². The Kier molecular flexibility index (Phi) is 6.18. The number of carbonyl (C=O) groups is 2. The zero-order valence-electron chi connectivity index (χ0n) is 16.6. The first-order valence-corrected chi connectivity index (χ1v) is 10.3. The molecule has 2 aromatic heterocycles. The van der Waals surface area contributed by atoms with Crippen LogP contribution in [0.5, 0.6) is 5.75 Å². The number of halogens is 1. The van der Waals surface area contributed by atoms with Gasteiger partial charge >= 0.3 is 0 Å². The van der Waals surface area contributed by atoms with Gasteiger partial charge in [0.25, 0.3) is 5.91 Å². The molecule has 1 atom stereocenters. The SMILES string of the molecule is O=C(NCC(=O)N1CCCC1c1ncc(Cc2ccc(Cl)cc2)o1)c1cncc(O)c1. The molecule has 4 rings (SSSR count). The summed E-state index contributed by atoms with van der Waals surface area (Å²) in [5, 5.41) is 12.7. The number of nitrogens with zero attached hydrogens (tertiary/aromatic N) is 3. The minimum Gasteiger partial charge on any atom is -0.506 e. The first-order valence-electron chi connectivity index (χ1n) is 9.90. The van der Waals surface area contributed by atoms with Gasteiger partial charge in [-0.1, -0.05) is 23.7 Å². The monoisotopic (exact) mass is 440 g/mol.